The number of carbonyl (C=O) groups is 3. The molecule has 2 amide bonds. The van der Waals surface area contributed by atoms with Crippen LogP contribution in [-0.4, -0.2) is 66.0 Å². The van der Waals surface area contributed by atoms with E-state index in [0.717, 1.165) is 16.9 Å². The Labute approximate surface area is 180 Å². The molecular weight excluding hydrogens is 404 g/mol. The fourth-order valence-corrected chi connectivity index (χ4v) is 2.86. The minimum Gasteiger partial charge on any atom is -0.480 e. The van der Waals surface area contributed by atoms with Crippen LogP contribution in [0, 0.1) is 11.3 Å². The maximum Gasteiger partial charge on any atom is 0.410 e. The van der Waals surface area contributed by atoms with E-state index in [1.807, 2.05) is 13.0 Å². The van der Waals surface area contributed by atoms with Crippen molar-refractivity contribution < 1.29 is 29.1 Å². The van der Waals surface area contributed by atoms with E-state index in [4.69, 9.17) is 14.8 Å². The van der Waals surface area contributed by atoms with E-state index in [9.17, 15) is 19.5 Å². The molecule has 0 radical (unpaired) electrons. The molecule has 0 unspecified atom stereocenters. The van der Waals surface area contributed by atoms with Gasteiger partial charge in [0.2, 0.25) is 5.91 Å². The Morgan fingerprint density at radius 1 is 1.39 bits per heavy atom. The van der Waals surface area contributed by atoms with Gasteiger partial charge < -0.3 is 20.0 Å². The average molecular weight is 430 g/mol. The number of unbranched alkanes of at least 4 members (excludes halogenated alkanes) is 1. The van der Waals surface area contributed by atoms with Gasteiger partial charge in [0.15, 0.2) is 0 Å². The Morgan fingerprint density at radius 3 is 2.71 bits per heavy atom. The first-order valence-corrected chi connectivity index (χ1v) is 9.98. The van der Waals surface area contributed by atoms with Gasteiger partial charge in [-0.25, -0.2) is 9.59 Å². The summed E-state index contributed by atoms with van der Waals surface area (Å²) in [7, 11) is 1.32. The van der Waals surface area contributed by atoms with Gasteiger partial charge in [-0.3, -0.25) is 9.69 Å². The minimum atomic E-state index is -1.26. The molecule has 1 heterocycles. The zero-order valence-electron chi connectivity index (χ0n) is 17.5. The van der Waals surface area contributed by atoms with Crippen molar-refractivity contribution in [1.29, 1.82) is 5.26 Å². The topological polar surface area (TPSA) is 141 Å². The number of aliphatic carboxylic acids is 1. The van der Waals surface area contributed by atoms with E-state index in [0.29, 0.717) is 24.1 Å². The van der Waals surface area contributed by atoms with Gasteiger partial charge in [-0.05, 0) is 24.1 Å². The summed E-state index contributed by atoms with van der Waals surface area (Å²) in [6, 6.07) is 7.65. The van der Waals surface area contributed by atoms with E-state index in [1.165, 1.54) is 7.05 Å². The van der Waals surface area contributed by atoms with Crippen LogP contribution in [0.2, 0.25) is 0 Å². The molecule has 0 bridgehead atoms. The molecule has 2 rings (SSSR count). The largest absolute Gasteiger partial charge is 0.480 e. The first-order valence-electron chi connectivity index (χ1n) is 9.98. The number of oxime groups is 1. The lowest BCUT2D eigenvalue weighted by molar-refractivity contribution is -0.142. The van der Waals surface area contributed by atoms with Crippen molar-refractivity contribution in [2.45, 2.75) is 44.8 Å². The molecule has 2 atom stereocenters. The first-order chi connectivity index (χ1) is 14.8. The molecule has 1 aliphatic rings. The summed E-state index contributed by atoms with van der Waals surface area (Å²) < 4.78 is 5.02. The molecule has 0 saturated heterocycles. The number of benzene rings is 1. The fourth-order valence-electron chi connectivity index (χ4n) is 2.86. The molecule has 0 spiro atoms. The standard InChI is InChI=1S/C21H26N4O6/c1-3-4-9-30-21(29)25(2)18(20(27)28)13-23-19(26)11-16-10-17(24-31-16)15-7-5-14(12-22)6-8-15/h5-8,16,18H,3-4,9-11,13H2,1-2H3,(H,23,26)(H,27,28)/t16-,18+/m1/s1. The van der Waals surface area contributed by atoms with Gasteiger partial charge in [0, 0.05) is 20.0 Å². The van der Waals surface area contributed by atoms with Crippen LogP contribution < -0.4 is 5.32 Å². The van der Waals surface area contributed by atoms with Crippen molar-refractivity contribution in [3.63, 3.8) is 0 Å². The maximum absolute atomic E-state index is 12.3. The van der Waals surface area contributed by atoms with Gasteiger partial charge >= 0.3 is 12.1 Å². The van der Waals surface area contributed by atoms with E-state index in [-0.39, 0.29) is 19.6 Å². The highest BCUT2D eigenvalue weighted by Gasteiger charge is 2.29. The number of nitriles is 1. The van der Waals surface area contributed by atoms with Crippen LogP contribution in [0.4, 0.5) is 4.79 Å². The number of carboxylic acid groups (broad SMARTS) is 1. The highest BCUT2D eigenvalue weighted by Crippen LogP contribution is 2.19. The second kappa shape index (κ2) is 11.5. The van der Waals surface area contributed by atoms with Crippen molar-refractivity contribution >= 4 is 23.7 Å². The number of carboxylic acids is 1. The summed E-state index contributed by atoms with van der Waals surface area (Å²) in [5, 5.41) is 24.8. The summed E-state index contributed by atoms with van der Waals surface area (Å²) in [5.41, 5.74) is 2.00. The maximum atomic E-state index is 12.3. The molecule has 0 aromatic heterocycles. The SMILES string of the molecule is CCCCOC(=O)N(C)[C@@H](CNC(=O)C[C@H]1CC(c2ccc(C#N)cc2)=NO1)C(=O)O. The average Bonchev–Trinajstić information content (AvgIpc) is 3.22. The van der Waals surface area contributed by atoms with E-state index in [2.05, 4.69) is 10.5 Å². The van der Waals surface area contributed by atoms with E-state index < -0.39 is 30.1 Å². The summed E-state index contributed by atoms with van der Waals surface area (Å²) in [6.45, 7) is 1.89. The summed E-state index contributed by atoms with van der Waals surface area (Å²) in [4.78, 5) is 42.0. The quantitative estimate of drug-likeness (QED) is 0.540. The third-order valence-electron chi connectivity index (χ3n) is 4.75. The molecule has 31 heavy (non-hydrogen) atoms. The number of likely N-dealkylation sites (N-methyl/N-ethyl adjacent to an activating group) is 1. The van der Waals surface area contributed by atoms with Gasteiger partial charge in [0.05, 0.1) is 30.4 Å². The summed E-state index contributed by atoms with van der Waals surface area (Å²) in [5.74, 6) is -1.67. The fraction of sp³-hybridized carbons (Fsp3) is 0.476. The van der Waals surface area contributed by atoms with Crippen molar-refractivity contribution in [3.8, 4) is 6.07 Å². The molecule has 0 saturated carbocycles. The Hall–Kier alpha value is -3.61. The van der Waals surface area contributed by atoms with Crippen molar-refractivity contribution in [2.75, 3.05) is 20.2 Å². The van der Waals surface area contributed by atoms with Gasteiger partial charge in [-0.1, -0.05) is 30.6 Å². The number of carbonyl (C=O) groups excluding carboxylic acids is 2. The number of hydrogen-bond acceptors (Lipinski definition) is 7. The lowest BCUT2D eigenvalue weighted by Gasteiger charge is -2.24. The molecule has 166 valence electrons. The predicted molar refractivity (Wildman–Crippen MR) is 110 cm³/mol. The highest BCUT2D eigenvalue weighted by atomic mass is 16.6. The van der Waals surface area contributed by atoms with Crippen LogP contribution in [0.5, 0.6) is 0 Å². The van der Waals surface area contributed by atoms with Crippen molar-refractivity contribution in [1.82, 2.24) is 10.2 Å². The number of nitrogens with zero attached hydrogens (tertiary/aromatic N) is 3. The molecule has 10 nitrogen and oxygen atoms in total. The third-order valence-corrected chi connectivity index (χ3v) is 4.75. The number of amides is 2. The van der Waals surface area contributed by atoms with Crippen LogP contribution in [0.15, 0.2) is 29.4 Å². The van der Waals surface area contributed by atoms with E-state index in [1.54, 1.807) is 24.3 Å². The molecular formula is C21H26N4O6. The van der Waals surface area contributed by atoms with Gasteiger partial charge in [0.25, 0.3) is 0 Å². The zero-order chi connectivity index (χ0) is 22.8. The highest BCUT2D eigenvalue weighted by molar-refractivity contribution is 6.01. The Kier molecular flexibility index (Phi) is 8.81. The van der Waals surface area contributed by atoms with Gasteiger partial charge in [0.1, 0.15) is 12.1 Å². The lowest BCUT2D eigenvalue weighted by Crippen LogP contribution is -2.49. The molecule has 1 aliphatic heterocycles. The molecule has 1 aromatic carbocycles. The van der Waals surface area contributed by atoms with Crippen LogP contribution in [0.1, 0.15) is 43.7 Å². The van der Waals surface area contributed by atoms with Crippen LogP contribution >= 0.6 is 0 Å². The predicted octanol–water partition coefficient (Wildman–Crippen LogP) is 1.88. The van der Waals surface area contributed by atoms with Gasteiger partial charge in [-0.2, -0.15) is 5.26 Å². The Morgan fingerprint density at radius 2 is 2.10 bits per heavy atom. The van der Waals surface area contributed by atoms with Crippen LogP contribution in [0.25, 0.3) is 0 Å². The smallest absolute Gasteiger partial charge is 0.410 e. The lowest BCUT2D eigenvalue weighted by atomic mass is 10.0. The summed E-state index contributed by atoms with van der Waals surface area (Å²) >= 11 is 0. The second-order valence-electron chi connectivity index (χ2n) is 7.10. The molecule has 0 fully saturated rings. The van der Waals surface area contributed by atoms with E-state index >= 15 is 0 Å². The number of ether oxygens (including phenoxy) is 1. The van der Waals surface area contributed by atoms with Gasteiger partial charge in [-0.15, -0.1) is 0 Å². The van der Waals surface area contributed by atoms with Crippen molar-refractivity contribution in [3.05, 3.63) is 35.4 Å². The number of rotatable bonds is 10. The molecule has 1 aromatic rings. The number of nitrogens with one attached hydrogen (secondary N) is 1. The van der Waals surface area contributed by atoms with Crippen molar-refractivity contribution in [2.24, 2.45) is 5.16 Å². The molecule has 0 aliphatic carbocycles. The molecule has 2 N–H and O–H groups in total. The molecule has 10 heteroatoms. The first kappa shape index (κ1) is 23.7. The summed E-state index contributed by atoms with van der Waals surface area (Å²) in [6.07, 6.45) is 0.684. The minimum absolute atomic E-state index is 0.0136. The van der Waals surface area contributed by atoms with Crippen LogP contribution in [0.3, 0.4) is 0 Å². The Bertz CT molecular complexity index is 862. The second-order valence-corrected chi connectivity index (χ2v) is 7.10. The number of hydrogen-bond donors (Lipinski definition) is 2. The zero-order valence-corrected chi connectivity index (χ0v) is 17.5. The normalized spacial score (nSPS) is 15.8. The monoisotopic (exact) mass is 430 g/mol. The third kappa shape index (κ3) is 6.99. The Balaban J connectivity index is 1.81. The van der Waals surface area contributed by atoms with Crippen LogP contribution in [-0.2, 0) is 19.2 Å².